The van der Waals surface area contributed by atoms with Crippen molar-refractivity contribution in [2.75, 3.05) is 32.8 Å². The smallest absolute Gasteiger partial charge is 0.249 e. The van der Waals surface area contributed by atoms with Crippen LogP contribution in [0.1, 0.15) is 51.0 Å². The zero-order chi connectivity index (χ0) is 27.4. The van der Waals surface area contributed by atoms with Crippen LogP contribution in [0, 0.1) is 11.8 Å². The molecular weight excluding hydrogens is 494 g/mol. The standard InChI is InChI=1S/C31H41N3O5/c1-2-3-8-17-32-19-12-16-31-26(29(37)34(27(31)30(32)38)20-9-5-10-21-35)25-24(39-31)15-11-18-33(28(25)36)22-23-13-6-4-7-14-23/h4,6-7,11-16,24-27,35H,2-3,5,8-10,17-22H2,1H3/t24-,25+,26+,27?,31+/m1/s1. The van der Waals surface area contributed by atoms with Crippen LogP contribution in [0.15, 0.2) is 54.6 Å². The number of nitrogens with zero attached hydrogens (tertiary/aromatic N) is 3. The van der Waals surface area contributed by atoms with E-state index in [4.69, 9.17) is 4.74 Å². The lowest BCUT2D eigenvalue weighted by molar-refractivity contribution is -0.148. The molecule has 4 aliphatic rings. The second-order valence-electron chi connectivity index (χ2n) is 11.2. The van der Waals surface area contributed by atoms with E-state index in [1.54, 1.807) is 9.80 Å². The number of aliphatic hydroxyl groups is 1. The third kappa shape index (κ3) is 5.16. The van der Waals surface area contributed by atoms with Crippen LogP contribution in [0.3, 0.4) is 0 Å². The van der Waals surface area contributed by atoms with Gasteiger partial charge in [-0.2, -0.15) is 0 Å². The van der Waals surface area contributed by atoms with Crippen molar-refractivity contribution in [1.82, 2.24) is 14.7 Å². The summed E-state index contributed by atoms with van der Waals surface area (Å²) in [5.41, 5.74) is -0.143. The minimum atomic E-state index is -1.17. The van der Waals surface area contributed by atoms with Crippen LogP contribution in [0.2, 0.25) is 0 Å². The number of fused-ring (bicyclic) bond motifs is 2. The van der Waals surface area contributed by atoms with Gasteiger partial charge in [0.2, 0.25) is 17.7 Å². The van der Waals surface area contributed by atoms with E-state index < -0.39 is 29.6 Å². The number of carbonyl (C=O) groups is 3. The normalized spacial score (nSPS) is 29.9. The predicted octanol–water partition coefficient (Wildman–Crippen LogP) is 2.92. The average molecular weight is 536 g/mol. The zero-order valence-electron chi connectivity index (χ0n) is 22.9. The molecule has 0 aromatic heterocycles. The Labute approximate surface area is 231 Å². The van der Waals surface area contributed by atoms with Crippen LogP contribution >= 0.6 is 0 Å². The molecule has 2 saturated heterocycles. The number of benzene rings is 1. The number of hydrogen-bond donors (Lipinski definition) is 1. The fraction of sp³-hybridized carbons (Fsp3) is 0.581. The van der Waals surface area contributed by atoms with Gasteiger partial charge in [0.25, 0.3) is 0 Å². The van der Waals surface area contributed by atoms with Gasteiger partial charge in [-0.15, -0.1) is 0 Å². The number of amides is 3. The van der Waals surface area contributed by atoms with Crippen LogP contribution < -0.4 is 0 Å². The molecule has 4 aliphatic heterocycles. The highest BCUT2D eigenvalue weighted by molar-refractivity contribution is 5.99. The summed E-state index contributed by atoms with van der Waals surface area (Å²) in [6, 6.07) is 9.06. The molecule has 39 heavy (non-hydrogen) atoms. The number of aliphatic hydroxyl groups excluding tert-OH is 1. The van der Waals surface area contributed by atoms with Crippen molar-refractivity contribution in [2.45, 2.75) is 69.7 Å². The third-order valence-electron chi connectivity index (χ3n) is 8.63. The monoisotopic (exact) mass is 535 g/mol. The molecule has 8 nitrogen and oxygen atoms in total. The van der Waals surface area contributed by atoms with Crippen molar-refractivity contribution in [3.8, 4) is 0 Å². The predicted molar refractivity (Wildman–Crippen MR) is 147 cm³/mol. The molecule has 5 rings (SSSR count). The Bertz CT molecular complexity index is 1100. The molecule has 2 fully saturated rings. The maximum atomic E-state index is 14.2. The van der Waals surface area contributed by atoms with Gasteiger partial charge >= 0.3 is 0 Å². The number of ether oxygens (including phenoxy) is 1. The molecule has 5 atom stereocenters. The summed E-state index contributed by atoms with van der Waals surface area (Å²) in [4.78, 5) is 47.8. The largest absolute Gasteiger partial charge is 0.396 e. The summed E-state index contributed by atoms with van der Waals surface area (Å²) in [6.07, 6.45) is 12.3. The second-order valence-corrected chi connectivity index (χ2v) is 11.2. The number of likely N-dealkylation sites (tertiary alicyclic amines) is 1. The minimum absolute atomic E-state index is 0.0943. The van der Waals surface area contributed by atoms with E-state index in [2.05, 4.69) is 6.92 Å². The van der Waals surface area contributed by atoms with E-state index in [1.165, 1.54) is 0 Å². The molecule has 210 valence electrons. The summed E-state index contributed by atoms with van der Waals surface area (Å²) in [5, 5.41) is 9.24. The van der Waals surface area contributed by atoms with E-state index in [0.717, 1.165) is 31.2 Å². The number of hydrogen-bond acceptors (Lipinski definition) is 5. The molecule has 0 radical (unpaired) electrons. The Morgan fingerprint density at radius 1 is 0.897 bits per heavy atom. The van der Waals surface area contributed by atoms with Gasteiger partial charge in [0.1, 0.15) is 11.6 Å². The van der Waals surface area contributed by atoms with Crippen molar-refractivity contribution in [3.63, 3.8) is 0 Å². The number of unbranched alkanes of at least 4 members (excludes halogenated alkanes) is 4. The Morgan fingerprint density at radius 3 is 2.44 bits per heavy atom. The molecule has 1 unspecified atom stereocenters. The van der Waals surface area contributed by atoms with Gasteiger partial charge in [0.05, 0.1) is 17.9 Å². The maximum absolute atomic E-state index is 14.2. The third-order valence-corrected chi connectivity index (χ3v) is 8.63. The molecule has 3 amide bonds. The SMILES string of the molecule is CCCCCN1CC=C[C@]23O[C@@H]4C=CCN(Cc5ccccc5)C(=O)[C@@H]4[C@H]2C(=O)N(CCCCCO)C3C1=O. The highest BCUT2D eigenvalue weighted by atomic mass is 16.5. The van der Waals surface area contributed by atoms with E-state index >= 15 is 0 Å². The highest BCUT2D eigenvalue weighted by Crippen LogP contribution is 2.53. The lowest BCUT2D eigenvalue weighted by atomic mass is 9.77. The topological polar surface area (TPSA) is 90.4 Å². The Hall–Kier alpha value is -2.97. The van der Waals surface area contributed by atoms with Crippen molar-refractivity contribution >= 4 is 17.7 Å². The Morgan fingerprint density at radius 2 is 1.67 bits per heavy atom. The average Bonchev–Trinajstić information content (AvgIpc) is 3.26. The molecule has 0 aliphatic carbocycles. The molecule has 1 aromatic carbocycles. The molecule has 4 heterocycles. The minimum Gasteiger partial charge on any atom is -0.396 e. The van der Waals surface area contributed by atoms with E-state index in [1.807, 2.05) is 59.5 Å². The fourth-order valence-corrected chi connectivity index (χ4v) is 6.75. The molecule has 0 bridgehead atoms. The molecule has 1 aromatic rings. The van der Waals surface area contributed by atoms with E-state index in [0.29, 0.717) is 45.6 Å². The molecule has 8 heteroatoms. The van der Waals surface area contributed by atoms with Gasteiger partial charge in [-0.1, -0.05) is 74.4 Å². The van der Waals surface area contributed by atoms with Crippen molar-refractivity contribution in [1.29, 1.82) is 0 Å². The molecular formula is C31H41N3O5. The quantitative estimate of drug-likeness (QED) is 0.348. The van der Waals surface area contributed by atoms with Gasteiger partial charge in [0, 0.05) is 39.3 Å². The van der Waals surface area contributed by atoms with E-state index in [-0.39, 0.29) is 24.3 Å². The van der Waals surface area contributed by atoms with Crippen molar-refractivity contribution in [3.05, 3.63) is 60.2 Å². The van der Waals surface area contributed by atoms with Gasteiger partial charge < -0.3 is 24.5 Å². The lowest BCUT2D eigenvalue weighted by Crippen LogP contribution is -2.55. The molecule has 1 spiro atoms. The second kappa shape index (κ2) is 12.0. The van der Waals surface area contributed by atoms with Crippen LogP contribution in [-0.4, -0.2) is 88.1 Å². The summed E-state index contributed by atoms with van der Waals surface area (Å²) >= 11 is 0. The number of carbonyl (C=O) groups excluding carboxylic acids is 3. The first-order valence-corrected chi connectivity index (χ1v) is 14.6. The Balaban J connectivity index is 1.47. The van der Waals surface area contributed by atoms with Gasteiger partial charge in [-0.3, -0.25) is 14.4 Å². The van der Waals surface area contributed by atoms with Crippen LogP contribution in [0.5, 0.6) is 0 Å². The van der Waals surface area contributed by atoms with Crippen LogP contribution in [-0.2, 0) is 25.7 Å². The van der Waals surface area contributed by atoms with E-state index in [9.17, 15) is 19.5 Å². The first kappa shape index (κ1) is 27.6. The maximum Gasteiger partial charge on any atom is 0.249 e. The van der Waals surface area contributed by atoms with Crippen LogP contribution in [0.4, 0.5) is 0 Å². The first-order valence-electron chi connectivity index (χ1n) is 14.6. The van der Waals surface area contributed by atoms with Crippen molar-refractivity contribution < 1.29 is 24.2 Å². The molecule has 0 saturated carbocycles. The van der Waals surface area contributed by atoms with Gasteiger partial charge in [0.15, 0.2) is 0 Å². The summed E-state index contributed by atoms with van der Waals surface area (Å²) in [5.74, 6) is -1.81. The Kier molecular flexibility index (Phi) is 8.52. The van der Waals surface area contributed by atoms with Gasteiger partial charge in [-0.25, -0.2) is 0 Å². The van der Waals surface area contributed by atoms with Crippen LogP contribution in [0.25, 0.3) is 0 Å². The first-order chi connectivity index (χ1) is 19.0. The van der Waals surface area contributed by atoms with Gasteiger partial charge in [-0.05, 0) is 31.2 Å². The summed E-state index contributed by atoms with van der Waals surface area (Å²) < 4.78 is 6.71. The van der Waals surface area contributed by atoms with Crippen molar-refractivity contribution in [2.24, 2.45) is 11.8 Å². The molecule has 1 N–H and O–H groups in total. The highest BCUT2D eigenvalue weighted by Gasteiger charge is 2.71. The zero-order valence-corrected chi connectivity index (χ0v) is 22.9. The summed E-state index contributed by atoms with van der Waals surface area (Å²) in [7, 11) is 0. The lowest BCUT2D eigenvalue weighted by Gasteiger charge is -2.35. The fourth-order valence-electron chi connectivity index (χ4n) is 6.75. The number of rotatable bonds is 11. The summed E-state index contributed by atoms with van der Waals surface area (Å²) in [6.45, 7) is 4.65.